The van der Waals surface area contributed by atoms with Gasteiger partial charge in [0.05, 0.1) is 17.2 Å². The van der Waals surface area contributed by atoms with Crippen LogP contribution >= 0.6 is 11.6 Å². The van der Waals surface area contributed by atoms with Crippen LogP contribution in [0.5, 0.6) is 5.75 Å². The van der Waals surface area contributed by atoms with Gasteiger partial charge in [-0.1, -0.05) is 17.7 Å². The maximum atomic E-state index is 11.3. The van der Waals surface area contributed by atoms with Crippen LogP contribution in [-0.2, 0) is 6.61 Å². The monoisotopic (exact) mass is 301 g/mol. The maximum Gasteiger partial charge on any atom is 0.252 e. The number of carbonyl (C=O) groups excluding carboxylic acids is 1. The lowest BCUT2D eigenvalue weighted by molar-refractivity contribution is 0.0996. The zero-order valence-electron chi connectivity index (χ0n) is 11.0. The van der Waals surface area contributed by atoms with Gasteiger partial charge in [-0.25, -0.2) is 0 Å². The summed E-state index contributed by atoms with van der Waals surface area (Å²) in [6.07, 6.45) is 0. The number of carbonyl (C=O) groups is 1. The molecular formula is C15H12ClN3O2. The molecule has 4 N–H and O–H groups in total. The molecule has 0 bridgehead atoms. The molecule has 0 radical (unpaired) electrons. The average Bonchev–Trinajstić information content (AvgIpc) is 2.45. The first-order chi connectivity index (χ1) is 10.0. The summed E-state index contributed by atoms with van der Waals surface area (Å²) in [7, 11) is 0. The van der Waals surface area contributed by atoms with Crippen LogP contribution in [0.4, 0.5) is 5.69 Å². The molecule has 0 saturated heterocycles. The Morgan fingerprint density at radius 2 is 2.05 bits per heavy atom. The molecule has 1 amide bonds. The topological polar surface area (TPSA) is 102 Å². The number of benzene rings is 2. The number of hydrogen-bond acceptors (Lipinski definition) is 4. The highest BCUT2D eigenvalue weighted by Gasteiger charge is 2.11. The fourth-order valence-corrected chi connectivity index (χ4v) is 1.99. The summed E-state index contributed by atoms with van der Waals surface area (Å²) in [6, 6.07) is 11.5. The lowest BCUT2D eigenvalue weighted by atomic mass is 10.1. The van der Waals surface area contributed by atoms with Crippen molar-refractivity contribution in [1.29, 1.82) is 5.26 Å². The minimum absolute atomic E-state index is 0.133. The number of halogens is 1. The van der Waals surface area contributed by atoms with Gasteiger partial charge in [0.1, 0.15) is 12.4 Å². The largest absolute Gasteiger partial charge is 0.488 e. The van der Waals surface area contributed by atoms with Crippen molar-refractivity contribution in [1.82, 2.24) is 0 Å². The van der Waals surface area contributed by atoms with Crippen molar-refractivity contribution < 1.29 is 9.53 Å². The van der Waals surface area contributed by atoms with E-state index in [1.807, 2.05) is 6.07 Å². The molecular weight excluding hydrogens is 290 g/mol. The predicted molar refractivity (Wildman–Crippen MR) is 79.9 cm³/mol. The first-order valence-corrected chi connectivity index (χ1v) is 6.39. The van der Waals surface area contributed by atoms with Gasteiger partial charge in [0, 0.05) is 22.3 Å². The molecule has 2 aromatic carbocycles. The number of ether oxygens (including phenoxy) is 1. The van der Waals surface area contributed by atoms with Gasteiger partial charge in [-0.2, -0.15) is 5.26 Å². The zero-order chi connectivity index (χ0) is 15.4. The van der Waals surface area contributed by atoms with E-state index in [4.69, 9.17) is 33.1 Å². The molecule has 2 aromatic rings. The van der Waals surface area contributed by atoms with Crippen molar-refractivity contribution in [2.45, 2.75) is 6.61 Å². The van der Waals surface area contributed by atoms with Crippen LogP contribution in [0, 0.1) is 11.3 Å². The highest BCUT2D eigenvalue weighted by molar-refractivity contribution is 6.31. The van der Waals surface area contributed by atoms with Gasteiger partial charge in [0.15, 0.2) is 0 Å². The summed E-state index contributed by atoms with van der Waals surface area (Å²) in [5.41, 5.74) is 12.8. The van der Waals surface area contributed by atoms with Crippen molar-refractivity contribution in [3.05, 3.63) is 58.1 Å². The lowest BCUT2D eigenvalue weighted by Gasteiger charge is -2.11. The Balaban J connectivity index is 2.22. The van der Waals surface area contributed by atoms with Crippen LogP contribution in [0.2, 0.25) is 5.02 Å². The van der Waals surface area contributed by atoms with E-state index in [2.05, 4.69) is 0 Å². The zero-order valence-corrected chi connectivity index (χ0v) is 11.7. The molecule has 21 heavy (non-hydrogen) atoms. The van der Waals surface area contributed by atoms with Crippen LogP contribution in [0.1, 0.15) is 21.5 Å². The highest BCUT2D eigenvalue weighted by Crippen LogP contribution is 2.24. The third-order valence-electron chi connectivity index (χ3n) is 2.84. The molecule has 0 spiro atoms. The van der Waals surface area contributed by atoms with Crippen LogP contribution < -0.4 is 16.2 Å². The van der Waals surface area contributed by atoms with E-state index in [0.717, 1.165) is 0 Å². The third-order valence-corrected chi connectivity index (χ3v) is 3.19. The van der Waals surface area contributed by atoms with Crippen molar-refractivity contribution in [3.63, 3.8) is 0 Å². The number of rotatable bonds is 4. The molecule has 0 saturated carbocycles. The van der Waals surface area contributed by atoms with Crippen molar-refractivity contribution in [2.24, 2.45) is 5.73 Å². The summed E-state index contributed by atoms with van der Waals surface area (Å²) < 4.78 is 5.57. The first kappa shape index (κ1) is 14.7. The average molecular weight is 302 g/mol. The van der Waals surface area contributed by atoms with Crippen molar-refractivity contribution in [3.8, 4) is 11.8 Å². The number of nitrogens with zero attached hydrogens (tertiary/aromatic N) is 1. The van der Waals surface area contributed by atoms with E-state index in [1.165, 1.54) is 12.1 Å². The van der Waals surface area contributed by atoms with Crippen LogP contribution in [0.3, 0.4) is 0 Å². The molecule has 0 aliphatic rings. The van der Waals surface area contributed by atoms with E-state index in [0.29, 0.717) is 27.6 Å². The second-order valence-electron chi connectivity index (χ2n) is 4.33. The minimum atomic E-state index is -0.601. The molecule has 2 rings (SSSR count). The second kappa shape index (κ2) is 6.16. The third kappa shape index (κ3) is 3.44. The van der Waals surface area contributed by atoms with Crippen LogP contribution in [0.15, 0.2) is 36.4 Å². The predicted octanol–water partition coefficient (Wildman–Crippen LogP) is 2.47. The summed E-state index contributed by atoms with van der Waals surface area (Å²) in [4.78, 5) is 11.3. The van der Waals surface area contributed by atoms with Gasteiger partial charge in [-0.05, 0) is 24.3 Å². The van der Waals surface area contributed by atoms with E-state index >= 15 is 0 Å². The lowest BCUT2D eigenvalue weighted by Crippen LogP contribution is -2.13. The van der Waals surface area contributed by atoms with Gasteiger partial charge < -0.3 is 16.2 Å². The summed E-state index contributed by atoms with van der Waals surface area (Å²) in [5.74, 6) is -0.307. The summed E-state index contributed by atoms with van der Waals surface area (Å²) in [6.45, 7) is 0.133. The number of anilines is 1. The normalized spacial score (nSPS) is 9.90. The van der Waals surface area contributed by atoms with E-state index in [9.17, 15) is 4.79 Å². The Labute approximate surface area is 126 Å². The molecule has 106 valence electrons. The van der Waals surface area contributed by atoms with Gasteiger partial charge in [-0.15, -0.1) is 0 Å². The molecule has 0 unspecified atom stereocenters. The summed E-state index contributed by atoms with van der Waals surface area (Å²) in [5, 5.41) is 9.20. The fraction of sp³-hybridized carbons (Fsp3) is 0.0667. The molecule has 0 heterocycles. The Kier molecular flexibility index (Phi) is 4.31. The van der Waals surface area contributed by atoms with Gasteiger partial charge in [-0.3, -0.25) is 4.79 Å². The molecule has 0 aliphatic carbocycles. The minimum Gasteiger partial charge on any atom is -0.488 e. The van der Waals surface area contributed by atoms with E-state index in [1.54, 1.807) is 24.3 Å². The van der Waals surface area contributed by atoms with Crippen LogP contribution in [-0.4, -0.2) is 5.91 Å². The van der Waals surface area contributed by atoms with Crippen LogP contribution in [0.25, 0.3) is 0 Å². The maximum absolute atomic E-state index is 11.3. The molecule has 6 heteroatoms. The molecule has 0 aliphatic heterocycles. The quantitative estimate of drug-likeness (QED) is 0.847. The first-order valence-electron chi connectivity index (χ1n) is 6.02. The smallest absolute Gasteiger partial charge is 0.252 e. The Morgan fingerprint density at radius 3 is 2.67 bits per heavy atom. The number of primary amides is 1. The molecule has 5 nitrogen and oxygen atoms in total. The fourth-order valence-electron chi connectivity index (χ4n) is 1.75. The van der Waals surface area contributed by atoms with Crippen molar-refractivity contribution in [2.75, 3.05) is 5.73 Å². The van der Waals surface area contributed by atoms with E-state index < -0.39 is 5.91 Å². The molecule has 0 atom stereocenters. The highest BCUT2D eigenvalue weighted by atomic mass is 35.5. The van der Waals surface area contributed by atoms with Gasteiger partial charge in [0.2, 0.25) is 0 Å². The molecule has 0 fully saturated rings. The van der Waals surface area contributed by atoms with E-state index in [-0.39, 0.29) is 12.2 Å². The standard InChI is InChI=1S/C15H12ClN3O2/c16-13-5-9(7-17)1-2-10(13)8-21-14-6-11(18)3-4-12(14)15(19)20/h1-6H,8,18H2,(H2,19,20). The number of nitrogen functional groups attached to an aromatic ring is 1. The number of hydrogen-bond donors (Lipinski definition) is 2. The molecule has 0 aromatic heterocycles. The Bertz CT molecular complexity index is 738. The number of nitriles is 1. The Hall–Kier alpha value is -2.71. The number of amides is 1. The van der Waals surface area contributed by atoms with Gasteiger partial charge in [0.25, 0.3) is 5.91 Å². The SMILES string of the molecule is N#Cc1ccc(COc2cc(N)ccc2C(N)=O)c(Cl)c1. The second-order valence-corrected chi connectivity index (χ2v) is 4.73. The number of nitrogens with two attached hydrogens (primary N) is 2. The summed E-state index contributed by atoms with van der Waals surface area (Å²) >= 11 is 6.06. The Morgan fingerprint density at radius 1 is 1.29 bits per heavy atom. The van der Waals surface area contributed by atoms with Crippen molar-refractivity contribution >= 4 is 23.2 Å². The van der Waals surface area contributed by atoms with Gasteiger partial charge >= 0.3 is 0 Å².